The molecule has 2 aliphatic rings. The monoisotopic (exact) mass is 1040 g/mol. The van der Waals surface area contributed by atoms with E-state index in [1.807, 2.05) is 60.7 Å². The molecule has 282 valence electrons. The Balaban J connectivity index is 0.000000911. The van der Waals surface area contributed by atoms with Gasteiger partial charge in [0.2, 0.25) is 0 Å². The molecule has 0 aliphatic heterocycles. The first-order valence-corrected chi connectivity index (χ1v) is 21.2. The maximum absolute atomic E-state index is 3.90. The molecule has 0 nitrogen and oxygen atoms in total. The molecular weight excluding hydrogens is 980 g/mol. The first-order chi connectivity index (χ1) is 23.2. The molecule has 2 aliphatic carbocycles. The fourth-order valence-electron chi connectivity index (χ4n) is 5.70. The molecule has 0 unspecified atom stereocenters. The Morgan fingerprint density at radius 1 is 0.596 bits per heavy atom. The van der Waals surface area contributed by atoms with Crippen molar-refractivity contribution in [3.63, 3.8) is 0 Å². The van der Waals surface area contributed by atoms with Gasteiger partial charge in [-0.25, -0.2) is 12.2 Å². The van der Waals surface area contributed by atoms with Crippen LogP contribution < -0.4 is 0 Å². The van der Waals surface area contributed by atoms with E-state index in [1.165, 1.54) is 75.9 Å². The summed E-state index contributed by atoms with van der Waals surface area (Å²) in [6, 6.07) is 32.9. The van der Waals surface area contributed by atoms with E-state index in [0.717, 1.165) is 12.8 Å². The Labute approximate surface area is 373 Å². The van der Waals surface area contributed by atoms with Gasteiger partial charge in [-0.1, -0.05) is 159 Å². The van der Waals surface area contributed by atoms with Gasteiger partial charge in [0.25, 0.3) is 0 Å². The van der Waals surface area contributed by atoms with Crippen molar-refractivity contribution in [2.24, 2.45) is 0 Å². The average molecular weight is 1040 g/mol. The molecule has 0 saturated carbocycles. The summed E-state index contributed by atoms with van der Waals surface area (Å²) in [4.78, 5) is 0. The van der Waals surface area contributed by atoms with Crippen LogP contribution in [0.2, 0.25) is 0 Å². The number of fused-ring (bicyclic) bond motifs is 3. The van der Waals surface area contributed by atoms with Gasteiger partial charge >= 0.3 is 28.4 Å². The van der Waals surface area contributed by atoms with E-state index in [9.17, 15) is 0 Å². The standard InChI is InChI=1S/C29H41.2C6H4I.C5H5.CH2.2ClH.Zr/c1-26(2,3)22-14-18-13-19-15-23(27(4,5)6)25(29(10,11)12)17-21(19)20(18)16-24(22)28(7,8)9;2*7-6-4-2-1-3-5-6;1-2-4-5-3-1;;;;/h14,16-17H,13H2,1-12H3;2*2-5H;1-3H,4H2;1H2;2*1H;/q4*-1;;;;. The molecule has 0 spiro atoms. The first-order valence-electron chi connectivity index (χ1n) is 17.3. The topological polar surface area (TPSA) is 0 Å². The number of rotatable bonds is 0. The number of benzene rings is 4. The van der Waals surface area contributed by atoms with Crippen LogP contribution in [0.15, 0.2) is 85.0 Å². The second kappa shape index (κ2) is 22.6. The number of allylic oxidation sites excluding steroid dienone is 4. The van der Waals surface area contributed by atoms with Crippen LogP contribution in [0.1, 0.15) is 123 Å². The summed E-state index contributed by atoms with van der Waals surface area (Å²) < 4.78 is 5.86. The molecule has 0 amide bonds. The third-order valence-electron chi connectivity index (χ3n) is 8.17. The predicted molar refractivity (Wildman–Crippen MR) is 247 cm³/mol. The molecule has 6 rings (SSSR count). The van der Waals surface area contributed by atoms with Crippen LogP contribution in [-0.4, -0.2) is 4.21 Å². The van der Waals surface area contributed by atoms with Crippen molar-refractivity contribution >= 4 is 74.2 Å². The molecule has 4 aromatic rings. The molecule has 0 fully saturated rings. The van der Waals surface area contributed by atoms with Crippen molar-refractivity contribution < 1.29 is 24.2 Å². The van der Waals surface area contributed by atoms with E-state index < -0.39 is 0 Å². The predicted octanol–water partition coefficient (Wildman–Crippen LogP) is 14.5. The van der Waals surface area contributed by atoms with Gasteiger partial charge < -0.3 is 0 Å². The molecule has 0 bridgehead atoms. The minimum absolute atomic E-state index is 0. The Morgan fingerprint density at radius 2 is 1.02 bits per heavy atom. The Kier molecular flexibility index (Phi) is 22.3. The summed E-state index contributed by atoms with van der Waals surface area (Å²) in [5.41, 5.74) is 11.9. The fraction of sp³-hybridized carbons (Fsp3) is 0.383. The second-order valence-electron chi connectivity index (χ2n) is 16.6. The normalized spacial score (nSPS) is 12.3. The minimum atomic E-state index is 0. The third-order valence-corrected chi connectivity index (χ3v) is 9.61. The van der Waals surface area contributed by atoms with E-state index in [0.29, 0.717) is 0 Å². The van der Waals surface area contributed by atoms with Gasteiger partial charge in [0.15, 0.2) is 0 Å². The molecule has 0 N–H and O–H groups in total. The molecule has 4 aromatic carbocycles. The van der Waals surface area contributed by atoms with Crippen molar-refractivity contribution in [1.29, 1.82) is 0 Å². The Hall–Kier alpha value is -0.847. The van der Waals surface area contributed by atoms with E-state index in [-0.39, 0.29) is 46.5 Å². The van der Waals surface area contributed by atoms with Gasteiger partial charge in [-0.2, -0.15) is 84.4 Å². The van der Waals surface area contributed by atoms with Gasteiger partial charge in [0.1, 0.15) is 0 Å². The first kappa shape index (κ1) is 51.2. The van der Waals surface area contributed by atoms with Gasteiger partial charge in [-0.3, -0.25) is 6.08 Å². The summed E-state index contributed by atoms with van der Waals surface area (Å²) in [6.07, 6.45) is 11.0. The van der Waals surface area contributed by atoms with Gasteiger partial charge in [-0.05, 0) is 39.4 Å². The summed E-state index contributed by atoms with van der Waals surface area (Å²) in [7, 11) is 0. The number of halogens is 4. The summed E-state index contributed by atoms with van der Waals surface area (Å²) in [6.45, 7) is 28.0. The van der Waals surface area contributed by atoms with Crippen LogP contribution in [0.3, 0.4) is 0 Å². The molecule has 0 heterocycles. The van der Waals surface area contributed by atoms with Crippen LogP contribution in [0.4, 0.5) is 0 Å². The molecule has 0 radical (unpaired) electrons. The van der Waals surface area contributed by atoms with E-state index in [2.05, 4.69) is 181 Å². The molecular formula is C47H58Cl2I2Zr-4. The zero-order valence-corrected chi connectivity index (χ0v) is 41.7. The maximum atomic E-state index is 3.90. The summed E-state index contributed by atoms with van der Waals surface area (Å²) in [5.74, 6) is 0. The van der Waals surface area contributed by atoms with Gasteiger partial charge in [0, 0.05) is 0 Å². The van der Waals surface area contributed by atoms with Gasteiger partial charge in [-0.15, -0.1) is 47.9 Å². The SMILES string of the molecule is CC(C)(C)c1[c-]c2c(cc1C(C)(C)C)-c1cc(C(C)(C)C)c(C(C)(C)C)cc1C2.Cl.Cl.Ic1cc[c-]cc1.Ic1cc[c-]cc1.[C-]1=CC=CC1.[CH2]=[Zr]. The van der Waals surface area contributed by atoms with E-state index in [1.54, 1.807) is 0 Å². The Bertz CT molecular complexity index is 1590. The van der Waals surface area contributed by atoms with Crippen molar-refractivity contribution in [1.82, 2.24) is 0 Å². The molecule has 52 heavy (non-hydrogen) atoms. The quantitative estimate of drug-likeness (QED) is 0.107. The van der Waals surface area contributed by atoms with E-state index >= 15 is 0 Å². The average Bonchev–Trinajstić information content (AvgIpc) is 3.72. The number of hydrogen-bond donors (Lipinski definition) is 0. The van der Waals surface area contributed by atoms with Crippen LogP contribution in [0.25, 0.3) is 11.1 Å². The van der Waals surface area contributed by atoms with Crippen LogP contribution in [-0.2, 0) is 52.3 Å². The zero-order chi connectivity index (χ0) is 37.9. The van der Waals surface area contributed by atoms with E-state index in [4.69, 9.17) is 0 Å². The third kappa shape index (κ3) is 16.1. The van der Waals surface area contributed by atoms with Crippen LogP contribution in [0.5, 0.6) is 0 Å². The van der Waals surface area contributed by atoms with Crippen molar-refractivity contribution in [2.45, 2.75) is 118 Å². The fourth-order valence-corrected chi connectivity index (χ4v) is 6.42. The molecule has 0 atom stereocenters. The second-order valence-corrected chi connectivity index (χ2v) is 19.1. The van der Waals surface area contributed by atoms with Crippen molar-refractivity contribution in [3.8, 4) is 11.1 Å². The zero-order valence-electron chi connectivity index (χ0n) is 33.3. The molecule has 0 saturated heterocycles. The Morgan fingerprint density at radius 3 is 1.33 bits per heavy atom. The van der Waals surface area contributed by atoms with Crippen molar-refractivity contribution in [2.75, 3.05) is 0 Å². The van der Waals surface area contributed by atoms with Gasteiger partial charge in [0.05, 0.1) is 0 Å². The number of hydrogen-bond acceptors (Lipinski definition) is 0. The van der Waals surface area contributed by atoms with Crippen LogP contribution >= 0.6 is 70.0 Å². The van der Waals surface area contributed by atoms with Crippen molar-refractivity contribution in [3.05, 3.63) is 150 Å². The summed E-state index contributed by atoms with van der Waals surface area (Å²) in [5, 5.41) is 0. The molecule has 0 aromatic heterocycles. The summed E-state index contributed by atoms with van der Waals surface area (Å²) >= 11 is 5.82. The van der Waals surface area contributed by atoms with Crippen LogP contribution in [0, 0.1) is 31.4 Å². The molecule has 5 heteroatoms.